The molecular formula is C10H12N2. The summed E-state index contributed by atoms with van der Waals surface area (Å²) < 4.78 is 0. The highest BCUT2D eigenvalue weighted by Crippen LogP contribution is 1.69. The van der Waals surface area contributed by atoms with Crippen LogP contribution in [0.5, 0.6) is 0 Å². The van der Waals surface area contributed by atoms with Crippen molar-refractivity contribution in [1.29, 1.82) is 0 Å². The van der Waals surface area contributed by atoms with Gasteiger partial charge in [0.05, 0.1) is 5.35 Å². The maximum absolute atomic E-state index is 4.12. The molecule has 0 unspecified atom stereocenters. The van der Waals surface area contributed by atoms with Crippen molar-refractivity contribution in [3.63, 3.8) is 0 Å². The Hall–Kier alpha value is -1.44. The first-order valence-corrected chi connectivity index (χ1v) is 3.94. The molecule has 0 aromatic carbocycles. The number of nitrogens with zero attached hydrogens (tertiary/aromatic N) is 2. The average molecular weight is 160 g/mol. The SMILES string of the molecule is C\C=C/C=c1/cncn/c1=C/C. The minimum atomic E-state index is 0.975. The van der Waals surface area contributed by atoms with Crippen LogP contribution in [0.3, 0.4) is 0 Å². The molecule has 1 rings (SSSR count). The Bertz CT molecular complexity index is 377. The van der Waals surface area contributed by atoms with Crippen molar-refractivity contribution >= 4 is 12.2 Å². The summed E-state index contributed by atoms with van der Waals surface area (Å²) >= 11 is 0. The van der Waals surface area contributed by atoms with Gasteiger partial charge >= 0.3 is 0 Å². The van der Waals surface area contributed by atoms with Crippen molar-refractivity contribution in [3.8, 4) is 0 Å². The molecule has 0 aliphatic rings. The second-order valence-corrected chi connectivity index (χ2v) is 2.34. The van der Waals surface area contributed by atoms with E-state index in [0.29, 0.717) is 0 Å². The molecule has 0 spiro atoms. The Morgan fingerprint density at radius 2 is 2.17 bits per heavy atom. The zero-order valence-electron chi connectivity index (χ0n) is 7.36. The quantitative estimate of drug-likeness (QED) is 0.602. The second-order valence-electron chi connectivity index (χ2n) is 2.34. The van der Waals surface area contributed by atoms with Crippen LogP contribution < -0.4 is 10.6 Å². The zero-order chi connectivity index (χ0) is 8.81. The molecule has 2 nitrogen and oxygen atoms in total. The third-order valence-electron chi connectivity index (χ3n) is 1.51. The Labute approximate surface area is 72.0 Å². The molecular weight excluding hydrogens is 148 g/mol. The molecule has 62 valence electrons. The van der Waals surface area contributed by atoms with Crippen LogP contribution in [0.25, 0.3) is 12.2 Å². The molecule has 0 bridgehead atoms. The molecule has 0 aliphatic carbocycles. The minimum Gasteiger partial charge on any atom is -0.244 e. The summed E-state index contributed by atoms with van der Waals surface area (Å²) in [6, 6.07) is 0. The number of allylic oxidation sites excluding steroid dienone is 2. The van der Waals surface area contributed by atoms with E-state index in [4.69, 9.17) is 0 Å². The van der Waals surface area contributed by atoms with Crippen molar-refractivity contribution in [3.05, 3.63) is 35.2 Å². The molecule has 12 heavy (non-hydrogen) atoms. The molecule has 0 saturated heterocycles. The van der Waals surface area contributed by atoms with Gasteiger partial charge in [0, 0.05) is 11.4 Å². The Kier molecular flexibility index (Phi) is 3.20. The van der Waals surface area contributed by atoms with E-state index in [9.17, 15) is 0 Å². The van der Waals surface area contributed by atoms with E-state index in [1.165, 1.54) is 0 Å². The van der Waals surface area contributed by atoms with E-state index in [1.54, 1.807) is 6.33 Å². The first-order valence-electron chi connectivity index (χ1n) is 3.94. The topological polar surface area (TPSA) is 25.8 Å². The molecule has 1 heterocycles. The molecule has 0 saturated carbocycles. The van der Waals surface area contributed by atoms with E-state index >= 15 is 0 Å². The van der Waals surface area contributed by atoms with Gasteiger partial charge in [0.1, 0.15) is 6.33 Å². The normalized spacial score (nSPS) is 14.5. The molecule has 0 N–H and O–H groups in total. The van der Waals surface area contributed by atoms with E-state index in [-0.39, 0.29) is 0 Å². The molecule has 2 heteroatoms. The Morgan fingerprint density at radius 3 is 2.83 bits per heavy atom. The smallest absolute Gasteiger partial charge is 0.116 e. The van der Waals surface area contributed by atoms with Gasteiger partial charge in [0.15, 0.2) is 0 Å². The largest absolute Gasteiger partial charge is 0.244 e. The number of hydrogen-bond acceptors (Lipinski definition) is 2. The lowest BCUT2D eigenvalue weighted by atomic mass is 10.3. The van der Waals surface area contributed by atoms with Gasteiger partial charge in [-0.2, -0.15) is 0 Å². The van der Waals surface area contributed by atoms with Crippen LogP contribution in [0.2, 0.25) is 0 Å². The highest BCUT2D eigenvalue weighted by atomic mass is 14.8. The van der Waals surface area contributed by atoms with Gasteiger partial charge in [-0.15, -0.1) is 0 Å². The number of hydrogen-bond donors (Lipinski definition) is 0. The lowest BCUT2D eigenvalue weighted by Crippen LogP contribution is -2.27. The van der Waals surface area contributed by atoms with Gasteiger partial charge in [-0.3, -0.25) is 0 Å². The maximum Gasteiger partial charge on any atom is 0.116 e. The molecule has 0 aliphatic heterocycles. The van der Waals surface area contributed by atoms with Crippen LogP contribution >= 0.6 is 0 Å². The molecule has 0 amide bonds. The van der Waals surface area contributed by atoms with Gasteiger partial charge in [-0.1, -0.05) is 24.3 Å². The fraction of sp³-hybridized carbons (Fsp3) is 0.200. The summed E-state index contributed by atoms with van der Waals surface area (Å²) in [5.74, 6) is 0. The van der Waals surface area contributed by atoms with Crippen LogP contribution in [0.15, 0.2) is 24.7 Å². The zero-order valence-corrected chi connectivity index (χ0v) is 7.36. The molecule has 0 fully saturated rings. The van der Waals surface area contributed by atoms with Crippen LogP contribution in [-0.4, -0.2) is 9.97 Å². The summed E-state index contributed by atoms with van der Waals surface area (Å²) in [4.78, 5) is 8.07. The second kappa shape index (κ2) is 4.44. The number of aromatic nitrogens is 2. The Balaban J connectivity index is 3.33. The van der Waals surface area contributed by atoms with Crippen molar-refractivity contribution in [1.82, 2.24) is 9.97 Å². The van der Waals surface area contributed by atoms with Gasteiger partial charge in [0.2, 0.25) is 0 Å². The highest BCUT2D eigenvalue weighted by molar-refractivity contribution is 5.36. The number of rotatable bonds is 1. The summed E-state index contributed by atoms with van der Waals surface area (Å²) in [6.45, 7) is 3.95. The standard InChI is InChI=1S/C10H12N2/c1-3-5-6-9-7-11-8-12-10(9)4-2/h3-8H,1-2H3/b5-3-,9-6-,10-4+. The van der Waals surface area contributed by atoms with Crippen LogP contribution in [-0.2, 0) is 0 Å². The van der Waals surface area contributed by atoms with Crippen LogP contribution in [0.4, 0.5) is 0 Å². The fourth-order valence-corrected chi connectivity index (χ4v) is 0.919. The molecule has 0 radical (unpaired) electrons. The van der Waals surface area contributed by atoms with E-state index in [1.807, 2.05) is 44.3 Å². The van der Waals surface area contributed by atoms with Crippen LogP contribution in [0, 0.1) is 0 Å². The first-order chi connectivity index (χ1) is 5.88. The predicted octanol–water partition coefficient (Wildman–Crippen LogP) is 0.634. The fourth-order valence-electron chi connectivity index (χ4n) is 0.919. The van der Waals surface area contributed by atoms with Gasteiger partial charge < -0.3 is 0 Å². The Morgan fingerprint density at radius 1 is 1.33 bits per heavy atom. The highest BCUT2D eigenvalue weighted by Gasteiger charge is 1.80. The van der Waals surface area contributed by atoms with E-state index in [0.717, 1.165) is 10.6 Å². The van der Waals surface area contributed by atoms with Crippen LogP contribution in [0.1, 0.15) is 13.8 Å². The summed E-state index contributed by atoms with van der Waals surface area (Å²) in [5.41, 5.74) is 0. The van der Waals surface area contributed by atoms with Gasteiger partial charge in [-0.05, 0) is 13.8 Å². The molecule has 0 atom stereocenters. The van der Waals surface area contributed by atoms with Gasteiger partial charge in [0.25, 0.3) is 0 Å². The third-order valence-corrected chi connectivity index (χ3v) is 1.51. The summed E-state index contributed by atoms with van der Waals surface area (Å²) in [5, 5.41) is 2.03. The van der Waals surface area contributed by atoms with Gasteiger partial charge in [-0.25, -0.2) is 9.97 Å². The summed E-state index contributed by atoms with van der Waals surface area (Å²) in [6.07, 6.45) is 11.3. The molecule has 1 aromatic rings. The first kappa shape index (κ1) is 8.65. The third kappa shape index (κ3) is 2.02. The predicted molar refractivity (Wildman–Crippen MR) is 50.7 cm³/mol. The van der Waals surface area contributed by atoms with E-state index < -0.39 is 0 Å². The van der Waals surface area contributed by atoms with Crippen molar-refractivity contribution in [2.75, 3.05) is 0 Å². The molecule has 1 aromatic heterocycles. The monoisotopic (exact) mass is 160 g/mol. The maximum atomic E-state index is 4.12. The lowest BCUT2D eigenvalue weighted by molar-refractivity contribution is 1.10. The minimum absolute atomic E-state index is 0.975. The van der Waals surface area contributed by atoms with E-state index in [2.05, 4.69) is 9.97 Å². The average Bonchev–Trinajstić information content (AvgIpc) is 2.15. The summed E-state index contributed by atoms with van der Waals surface area (Å²) in [7, 11) is 0. The van der Waals surface area contributed by atoms with Crippen molar-refractivity contribution in [2.45, 2.75) is 13.8 Å². The van der Waals surface area contributed by atoms with Crippen molar-refractivity contribution < 1.29 is 0 Å². The lowest BCUT2D eigenvalue weighted by Gasteiger charge is -1.85. The van der Waals surface area contributed by atoms with Crippen molar-refractivity contribution in [2.24, 2.45) is 0 Å².